The molecule has 4 N–H and O–H groups in total. The molecule has 58 heavy (non-hydrogen) atoms. The number of esters is 2. The van der Waals surface area contributed by atoms with Gasteiger partial charge in [-0.15, -0.1) is 11.8 Å². The molecule has 4 bridgehead atoms. The summed E-state index contributed by atoms with van der Waals surface area (Å²) < 4.78 is 31.0. The Morgan fingerprint density at radius 2 is 1.93 bits per heavy atom. The number of ether oxygens (including phenoxy) is 5. The van der Waals surface area contributed by atoms with Crippen molar-refractivity contribution in [3.63, 3.8) is 0 Å². The van der Waals surface area contributed by atoms with E-state index in [4.69, 9.17) is 23.7 Å². The van der Waals surface area contributed by atoms with E-state index >= 15 is 4.79 Å². The Morgan fingerprint density at radius 3 is 2.69 bits per heavy atom. The number of fused-ring (bicyclic) bond motifs is 11. The van der Waals surface area contributed by atoms with E-state index in [0.29, 0.717) is 64.8 Å². The number of hydrogen-bond donors (Lipinski definition) is 4. The van der Waals surface area contributed by atoms with Gasteiger partial charge in [-0.2, -0.15) is 5.26 Å². The number of phenolic OH excluding ortho intramolecular Hbond substituents is 1. The average molecular weight is 806 g/mol. The largest absolute Gasteiger partial charge is 0.504 e. The highest BCUT2D eigenvalue weighted by Gasteiger charge is 2.72. The first-order chi connectivity index (χ1) is 27.9. The van der Waals surface area contributed by atoms with E-state index < -0.39 is 58.0 Å². The molecule has 8 aliphatic heterocycles. The first kappa shape index (κ1) is 36.1. The topological polar surface area (TPSA) is 179 Å². The molecule has 14 nitrogen and oxygen atoms in total. The van der Waals surface area contributed by atoms with Crippen molar-refractivity contribution < 1.29 is 43.5 Å². The van der Waals surface area contributed by atoms with Crippen molar-refractivity contribution in [1.29, 1.82) is 5.26 Å². The van der Waals surface area contributed by atoms with Crippen molar-refractivity contribution >= 4 is 34.6 Å². The van der Waals surface area contributed by atoms with Crippen LogP contribution in [0, 0.1) is 25.2 Å². The van der Waals surface area contributed by atoms with E-state index in [1.165, 1.54) is 18.7 Å². The molecule has 8 aliphatic rings. The summed E-state index contributed by atoms with van der Waals surface area (Å²) in [6.07, 6.45) is 0.918. The highest BCUT2D eigenvalue weighted by atomic mass is 32.2. The van der Waals surface area contributed by atoms with Crippen LogP contribution >= 0.6 is 11.8 Å². The summed E-state index contributed by atoms with van der Waals surface area (Å²) in [6.45, 7) is 7.21. The van der Waals surface area contributed by atoms with Gasteiger partial charge in [0, 0.05) is 76.4 Å². The molecule has 300 valence electrons. The number of aryl methyl sites for hydroxylation is 1. The number of aliphatic hydroxyl groups excluding tert-OH is 1. The lowest BCUT2D eigenvalue weighted by Gasteiger charge is -2.58. The number of phenols is 1. The van der Waals surface area contributed by atoms with Crippen LogP contribution in [0.3, 0.4) is 0 Å². The fraction of sp³-hybridized carbons (Fsp3) is 0.465. The number of hydrogen-bond acceptors (Lipinski definition) is 14. The number of aromatic nitrogens is 1. The SMILES string of the molecule is COc1c(C)cc2c(c1O)[C@@H]1[C@@H]3[C@@H]4SC[C@]5(N[C@@H](CO)Cc6c5[nH]c5ccccc65)C(=O)OC[C@@H](c5c6c(c(C)c(OC(C)=O)c54)OCO6)N3[C@]3(C#N)CN1C2(C)C3. The molecule has 0 saturated carbocycles. The molecule has 9 heterocycles. The molecule has 15 heteroatoms. The summed E-state index contributed by atoms with van der Waals surface area (Å²) in [6, 6.07) is 10.6. The van der Waals surface area contributed by atoms with Gasteiger partial charge in [-0.05, 0) is 56.0 Å². The van der Waals surface area contributed by atoms with E-state index in [1.54, 1.807) is 7.11 Å². The number of benzene rings is 3. The number of piperazine rings is 1. The van der Waals surface area contributed by atoms with Crippen LogP contribution in [0.1, 0.15) is 82.2 Å². The molecule has 8 atom stereocenters. The maximum atomic E-state index is 15.1. The number of aromatic amines is 1. The van der Waals surface area contributed by atoms with Crippen molar-refractivity contribution in [2.75, 3.05) is 39.4 Å². The minimum Gasteiger partial charge on any atom is -0.504 e. The van der Waals surface area contributed by atoms with Crippen molar-refractivity contribution in [2.24, 2.45) is 0 Å². The standard InChI is InChI=1S/C43H43N5O9S/c1-19-10-25-28(33(51)34(19)53-5)31-32-38-30-29(37-36(55-18-56-37)20(2)35(30)57-21(3)50)27(48(32)42(15-44)14-41(25,4)47(31)16-42)13-54-40(52)43(17-58-38)39-24(11-22(12-49)46-43)23-8-6-7-9-26(23)45-39/h6-10,22,27,31-32,38,45-46,49,51H,11-14,16-18H2,1-5H3/t22-,27+,31-,32-,38-,41?,42-,43-/m1/s1. The third-order valence-electron chi connectivity index (χ3n) is 14.1. The number of para-hydroxylation sites is 1. The van der Waals surface area contributed by atoms with Crippen LogP contribution in [0.25, 0.3) is 10.9 Å². The smallest absolute Gasteiger partial charge is 0.333 e. The Morgan fingerprint density at radius 1 is 1.14 bits per heavy atom. The maximum absolute atomic E-state index is 15.1. The second-order valence-corrected chi connectivity index (χ2v) is 18.2. The highest BCUT2D eigenvalue weighted by Crippen LogP contribution is 2.71. The first-order valence-corrected chi connectivity index (χ1v) is 20.8. The fourth-order valence-corrected chi connectivity index (χ4v) is 13.6. The molecule has 4 aromatic rings. The number of thioether (sulfide) groups is 1. The van der Waals surface area contributed by atoms with Gasteiger partial charge in [-0.25, -0.2) is 4.79 Å². The maximum Gasteiger partial charge on any atom is 0.333 e. The van der Waals surface area contributed by atoms with Crippen molar-refractivity contribution in [2.45, 2.75) is 86.6 Å². The number of aromatic hydroxyl groups is 1. The van der Waals surface area contributed by atoms with Crippen LogP contribution in [0.2, 0.25) is 0 Å². The van der Waals surface area contributed by atoms with Crippen LogP contribution in [-0.4, -0.2) is 94.0 Å². The van der Waals surface area contributed by atoms with Gasteiger partial charge in [0.15, 0.2) is 28.5 Å². The zero-order valence-corrected chi connectivity index (χ0v) is 33.5. The Balaban J connectivity index is 1.20. The molecule has 12 rings (SSSR count). The number of nitrogens with one attached hydrogen (secondary N) is 2. The van der Waals surface area contributed by atoms with Gasteiger partial charge in [-0.3, -0.25) is 19.9 Å². The van der Waals surface area contributed by atoms with Gasteiger partial charge in [-0.1, -0.05) is 18.2 Å². The third kappa shape index (κ3) is 4.31. The molecule has 1 aromatic heterocycles. The number of carbonyl (C=O) groups excluding carboxylic acids is 2. The lowest BCUT2D eigenvalue weighted by Crippen LogP contribution is -2.67. The second kappa shape index (κ2) is 12.0. The zero-order chi connectivity index (χ0) is 40.2. The van der Waals surface area contributed by atoms with Gasteiger partial charge in [0.25, 0.3) is 0 Å². The number of H-pyrrole nitrogens is 1. The van der Waals surface area contributed by atoms with Crippen molar-refractivity contribution in [3.05, 3.63) is 75.0 Å². The zero-order valence-electron chi connectivity index (χ0n) is 32.7. The number of nitriles is 1. The summed E-state index contributed by atoms with van der Waals surface area (Å²) >= 11 is 1.50. The van der Waals surface area contributed by atoms with Crippen LogP contribution in [0.4, 0.5) is 0 Å². The summed E-state index contributed by atoms with van der Waals surface area (Å²) in [5.74, 6) is 0.830. The molecule has 0 radical (unpaired) electrons. The fourth-order valence-electron chi connectivity index (χ4n) is 12.0. The number of carbonyl (C=O) groups is 2. The molecule has 3 saturated heterocycles. The highest BCUT2D eigenvalue weighted by molar-refractivity contribution is 7.99. The summed E-state index contributed by atoms with van der Waals surface area (Å²) in [5, 5.41) is 38.4. The minimum absolute atomic E-state index is 0.0586. The Bertz CT molecular complexity index is 2570. The van der Waals surface area contributed by atoms with Crippen molar-refractivity contribution in [1.82, 2.24) is 20.1 Å². The molecule has 3 fully saturated rings. The summed E-state index contributed by atoms with van der Waals surface area (Å²) in [7, 11) is 1.55. The van der Waals surface area contributed by atoms with Crippen LogP contribution in [-0.2, 0) is 31.8 Å². The average Bonchev–Trinajstić information content (AvgIpc) is 3.96. The van der Waals surface area contributed by atoms with Crippen molar-refractivity contribution in [3.8, 4) is 34.8 Å². The van der Waals surface area contributed by atoms with Gasteiger partial charge in [0.2, 0.25) is 6.79 Å². The molecule has 1 unspecified atom stereocenters. The van der Waals surface area contributed by atoms with E-state index in [0.717, 1.165) is 33.2 Å². The lowest BCUT2D eigenvalue weighted by molar-refractivity contribution is -0.157. The number of rotatable bonds is 3. The number of aliphatic hydroxyl groups is 1. The van der Waals surface area contributed by atoms with Gasteiger partial charge in [0.1, 0.15) is 17.9 Å². The lowest BCUT2D eigenvalue weighted by atomic mass is 9.72. The third-order valence-corrected chi connectivity index (χ3v) is 15.6. The second-order valence-electron chi connectivity index (χ2n) is 17.0. The molecule has 0 amide bonds. The first-order valence-electron chi connectivity index (χ1n) is 19.7. The minimum atomic E-state index is -1.43. The van der Waals surface area contributed by atoms with E-state index in [1.807, 2.05) is 38.1 Å². The molecule has 3 aromatic carbocycles. The molecular formula is C43H43N5O9S. The van der Waals surface area contributed by atoms with Gasteiger partial charge >= 0.3 is 11.9 Å². The summed E-state index contributed by atoms with van der Waals surface area (Å²) in [4.78, 5) is 36.3. The Hall–Kier alpha value is -4.98. The predicted octanol–water partition coefficient (Wildman–Crippen LogP) is 4.56. The molecule has 1 spiro atoms. The van der Waals surface area contributed by atoms with Crippen LogP contribution in [0.15, 0.2) is 30.3 Å². The molecule has 0 aliphatic carbocycles. The Labute approximate surface area is 338 Å². The number of methoxy groups -OCH3 is 1. The van der Waals surface area contributed by atoms with E-state index in [-0.39, 0.29) is 31.5 Å². The molecular weight excluding hydrogens is 763 g/mol. The Kier molecular flexibility index (Phi) is 7.50. The van der Waals surface area contributed by atoms with Gasteiger partial charge in [0.05, 0.1) is 42.8 Å². The quantitative estimate of drug-likeness (QED) is 0.167. The normalized spacial score (nSPS) is 32.6. The predicted molar refractivity (Wildman–Crippen MR) is 210 cm³/mol. The number of nitrogens with zero attached hydrogens (tertiary/aromatic N) is 3. The van der Waals surface area contributed by atoms with Gasteiger partial charge < -0.3 is 38.9 Å². The monoisotopic (exact) mass is 805 g/mol. The van der Waals surface area contributed by atoms with E-state index in [9.17, 15) is 20.3 Å². The van der Waals surface area contributed by atoms with Crippen LogP contribution < -0.4 is 24.3 Å². The van der Waals surface area contributed by atoms with E-state index in [2.05, 4.69) is 39.2 Å². The summed E-state index contributed by atoms with van der Waals surface area (Å²) in [5.41, 5.74) is 3.82. The van der Waals surface area contributed by atoms with Crippen LogP contribution in [0.5, 0.6) is 28.7 Å².